The maximum atomic E-state index is 13.9. The van der Waals surface area contributed by atoms with Gasteiger partial charge in [-0.1, -0.05) is 0 Å². The third kappa shape index (κ3) is 2.30. The van der Waals surface area contributed by atoms with Crippen LogP contribution in [0.2, 0.25) is 0 Å². The molecule has 0 radical (unpaired) electrons. The molecule has 1 aromatic carbocycles. The van der Waals surface area contributed by atoms with Crippen molar-refractivity contribution in [3.8, 4) is 0 Å². The molecule has 0 bridgehead atoms. The summed E-state index contributed by atoms with van der Waals surface area (Å²) in [5.41, 5.74) is 0. The smallest absolute Gasteiger partial charge is 0.246 e. The highest BCUT2D eigenvalue weighted by molar-refractivity contribution is 7.89. The molecule has 0 spiro atoms. The van der Waals surface area contributed by atoms with E-state index in [0.29, 0.717) is 12.6 Å². The standard InChI is InChI=1S/C14H16F2N2O3S/c1-9-14(19)17-6-2-3-11(17)8-18(9)22(20,21)13-5-4-10(15)7-12(13)16/h4-5,7,9,11H,2-3,6,8H2,1H3/t9-,11+/m1/s1. The fourth-order valence-corrected chi connectivity index (χ4v) is 4.83. The molecule has 8 heteroatoms. The number of hydrogen-bond donors (Lipinski definition) is 0. The van der Waals surface area contributed by atoms with Crippen molar-refractivity contribution in [2.24, 2.45) is 0 Å². The summed E-state index contributed by atoms with van der Waals surface area (Å²) in [5, 5.41) is 0. The lowest BCUT2D eigenvalue weighted by Crippen LogP contribution is -2.60. The van der Waals surface area contributed by atoms with Crippen LogP contribution in [0.3, 0.4) is 0 Å². The Labute approximate surface area is 127 Å². The number of amides is 1. The molecule has 5 nitrogen and oxygen atoms in total. The molecular weight excluding hydrogens is 314 g/mol. The lowest BCUT2D eigenvalue weighted by atomic mass is 10.1. The number of carbonyl (C=O) groups is 1. The van der Waals surface area contributed by atoms with Crippen LogP contribution in [0.25, 0.3) is 0 Å². The zero-order chi connectivity index (χ0) is 16.1. The van der Waals surface area contributed by atoms with Crippen molar-refractivity contribution in [3.05, 3.63) is 29.8 Å². The van der Waals surface area contributed by atoms with E-state index in [1.165, 1.54) is 6.92 Å². The van der Waals surface area contributed by atoms with Crippen LogP contribution in [0, 0.1) is 11.6 Å². The molecular formula is C14H16F2N2O3S. The van der Waals surface area contributed by atoms with E-state index in [1.54, 1.807) is 4.90 Å². The molecule has 0 aliphatic carbocycles. The van der Waals surface area contributed by atoms with Gasteiger partial charge in [-0.15, -0.1) is 0 Å². The summed E-state index contributed by atoms with van der Waals surface area (Å²) < 4.78 is 53.2. The van der Waals surface area contributed by atoms with Crippen molar-refractivity contribution in [3.63, 3.8) is 0 Å². The molecule has 2 saturated heterocycles. The zero-order valence-corrected chi connectivity index (χ0v) is 12.8. The fourth-order valence-electron chi connectivity index (χ4n) is 3.16. The Balaban J connectivity index is 1.99. The van der Waals surface area contributed by atoms with E-state index in [0.717, 1.165) is 29.3 Å². The van der Waals surface area contributed by atoms with Gasteiger partial charge in [0, 0.05) is 25.2 Å². The average molecular weight is 330 g/mol. The first-order valence-corrected chi connectivity index (χ1v) is 8.54. The number of hydrogen-bond acceptors (Lipinski definition) is 3. The number of rotatable bonds is 2. The highest BCUT2D eigenvalue weighted by Gasteiger charge is 2.45. The molecule has 0 N–H and O–H groups in total. The summed E-state index contributed by atoms with van der Waals surface area (Å²) in [4.78, 5) is 13.4. The second kappa shape index (κ2) is 5.27. The summed E-state index contributed by atoms with van der Waals surface area (Å²) in [6, 6.07) is 1.28. The highest BCUT2D eigenvalue weighted by Crippen LogP contribution is 2.30. The van der Waals surface area contributed by atoms with E-state index in [1.807, 2.05) is 0 Å². The maximum Gasteiger partial charge on any atom is 0.246 e. The SMILES string of the molecule is C[C@@H]1C(=O)N2CCC[C@H]2CN1S(=O)(=O)c1ccc(F)cc1F. The Hall–Kier alpha value is -1.54. The summed E-state index contributed by atoms with van der Waals surface area (Å²) in [6.07, 6.45) is 1.57. The first kappa shape index (κ1) is 15.4. The van der Waals surface area contributed by atoms with Crippen LogP contribution >= 0.6 is 0 Å². The maximum absolute atomic E-state index is 13.9. The normalized spacial score (nSPS) is 26.3. The zero-order valence-electron chi connectivity index (χ0n) is 12.0. The third-order valence-electron chi connectivity index (χ3n) is 4.32. The summed E-state index contributed by atoms with van der Waals surface area (Å²) in [6.45, 7) is 2.27. The van der Waals surface area contributed by atoms with E-state index >= 15 is 0 Å². The van der Waals surface area contributed by atoms with Crippen molar-refractivity contribution in [2.45, 2.75) is 36.7 Å². The number of nitrogens with zero attached hydrogens (tertiary/aromatic N) is 2. The van der Waals surface area contributed by atoms with Crippen LogP contribution in [-0.4, -0.2) is 48.7 Å². The minimum atomic E-state index is -4.19. The molecule has 2 fully saturated rings. The number of halogens is 2. The molecule has 0 unspecified atom stereocenters. The van der Waals surface area contributed by atoms with Crippen LogP contribution in [0.5, 0.6) is 0 Å². The molecule has 1 amide bonds. The average Bonchev–Trinajstić information content (AvgIpc) is 2.90. The Kier molecular flexibility index (Phi) is 3.68. The first-order valence-electron chi connectivity index (χ1n) is 7.10. The van der Waals surface area contributed by atoms with Crippen molar-refractivity contribution in [1.82, 2.24) is 9.21 Å². The predicted molar refractivity (Wildman–Crippen MR) is 74.4 cm³/mol. The lowest BCUT2D eigenvalue weighted by molar-refractivity contribution is -0.139. The van der Waals surface area contributed by atoms with E-state index < -0.39 is 32.6 Å². The topological polar surface area (TPSA) is 57.7 Å². The van der Waals surface area contributed by atoms with E-state index in [2.05, 4.69) is 0 Å². The van der Waals surface area contributed by atoms with Gasteiger partial charge in [0.15, 0.2) is 0 Å². The van der Waals surface area contributed by atoms with E-state index in [4.69, 9.17) is 0 Å². The van der Waals surface area contributed by atoms with Gasteiger partial charge in [0.25, 0.3) is 0 Å². The van der Waals surface area contributed by atoms with Gasteiger partial charge in [-0.25, -0.2) is 17.2 Å². The minimum absolute atomic E-state index is 0.145. The number of fused-ring (bicyclic) bond motifs is 1. The van der Waals surface area contributed by atoms with Gasteiger partial charge >= 0.3 is 0 Å². The molecule has 0 aromatic heterocycles. The van der Waals surface area contributed by atoms with Crippen LogP contribution in [0.1, 0.15) is 19.8 Å². The number of benzene rings is 1. The summed E-state index contributed by atoms with van der Waals surface area (Å²) in [5.74, 6) is -2.26. The molecule has 2 atom stereocenters. The number of piperazine rings is 1. The lowest BCUT2D eigenvalue weighted by Gasteiger charge is -2.40. The largest absolute Gasteiger partial charge is 0.337 e. The molecule has 22 heavy (non-hydrogen) atoms. The quantitative estimate of drug-likeness (QED) is 0.822. The minimum Gasteiger partial charge on any atom is -0.337 e. The van der Waals surface area contributed by atoms with Gasteiger partial charge < -0.3 is 4.90 Å². The first-order chi connectivity index (χ1) is 10.3. The van der Waals surface area contributed by atoms with Crippen molar-refractivity contribution >= 4 is 15.9 Å². The van der Waals surface area contributed by atoms with Gasteiger partial charge in [0.1, 0.15) is 22.6 Å². The second-order valence-electron chi connectivity index (χ2n) is 5.65. The van der Waals surface area contributed by atoms with Crippen molar-refractivity contribution < 1.29 is 22.0 Å². The number of sulfonamides is 1. The van der Waals surface area contributed by atoms with Crippen LogP contribution in [0.15, 0.2) is 23.1 Å². The fraction of sp³-hybridized carbons (Fsp3) is 0.500. The monoisotopic (exact) mass is 330 g/mol. The molecule has 2 heterocycles. The Bertz CT molecular complexity index is 723. The van der Waals surface area contributed by atoms with Crippen molar-refractivity contribution in [2.75, 3.05) is 13.1 Å². The highest BCUT2D eigenvalue weighted by atomic mass is 32.2. The van der Waals surface area contributed by atoms with Gasteiger partial charge in [-0.3, -0.25) is 4.79 Å². The summed E-state index contributed by atoms with van der Waals surface area (Å²) in [7, 11) is -4.19. The Morgan fingerprint density at radius 3 is 2.68 bits per heavy atom. The second-order valence-corrected chi connectivity index (χ2v) is 7.51. The number of carbonyl (C=O) groups excluding carboxylic acids is 1. The molecule has 2 aliphatic rings. The molecule has 1 aromatic rings. The Morgan fingerprint density at radius 1 is 1.27 bits per heavy atom. The Morgan fingerprint density at radius 2 is 2.00 bits per heavy atom. The van der Waals surface area contributed by atoms with Crippen LogP contribution in [-0.2, 0) is 14.8 Å². The summed E-state index contributed by atoms with van der Waals surface area (Å²) >= 11 is 0. The van der Waals surface area contributed by atoms with Crippen LogP contribution in [0.4, 0.5) is 8.78 Å². The van der Waals surface area contributed by atoms with E-state index in [-0.39, 0.29) is 18.5 Å². The van der Waals surface area contributed by atoms with Crippen molar-refractivity contribution in [1.29, 1.82) is 0 Å². The molecule has 3 rings (SSSR count). The van der Waals surface area contributed by atoms with E-state index in [9.17, 15) is 22.0 Å². The third-order valence-corrected chi connectivity index (χ3v) is 6.29. The predicted octanol–water partition coefficient (Wildman–Crippen LogP) is 1.35. The molecule has 0 saturated carbocycles. The molecule has 120 valence electrons. The van der Waals surface area contributed by atoms with Gasteiger partial charge in [0.05, 0.1) is 0 Å². The van der Waals surface area contributed by atoms with Gasteiger partial charge in [0.2, 0.25) is 15.9 Å². The van der Waals surface area contributed by atoms with Gasteiger partial charge in [-0.2, -0.15) is 4.31 Å². The van der Waals surface area contributed by atoms with Crippen LogP contribution < -0.4 is 0 Å². The molecule has 2 aliphatic heterocycles. The van der Waals surface area contributed by atoms with Gasteiger partial charge in [-0.05, 0) is 31.9 Å².